The molecule has 0 saturated carbocycles. The molecule has 0 radical (unpaired) electrons. The predicted octanol–water partition coefficient (Wildman–Crippen LogP) is 4.96. The maximum Gasteiger partial charge on any atom is 0.162 e. The molecule has 0 unspecified atom stereocenters. The Bertz CT molecular complexity index is 886. The van der Waals surface area contributed by atoms with Gasteiger partial charge in [0.05, 0.1) is 26.3 Å². The van der Waals surface area contributed by atoms with Crippen molar-refractivity contribution in [2.45, 2.75) is 26.2 Å². The monoisotopic (exact) mass is 368 g/mol. The first-order chi connectivity index (χ1) is 13.1. The van der Waals surface area contributed by atoms with E-state index in [4.69, 9.17) is 14.2 Å². The van der Waals surface area contributed by atoms with Gasteiger partial charge in [-0.25, -0.2) is 0 Å². The molecule has 0 atom stereocenters. The maximum absolute atomic E-state index is 6.17. The average molecular weight is 368 g/mol. The molecule has 27 heavy (non-hydrogen) atoms. The van der Waals surface area contributed by atoms with Crippen molar-refractivity contribution >= 4 is 11.2 Å². The smallest absolute Gasteiger partial charge is 0.162 e. The van der Waals surface area contributed by atoms with Gasteiger partial charge in [0.25, 0.3) is 0 Å². The number of fused-ring (bicyclic) bond motifs is 1. The Kier molecular flexibility index (Phi) is 6.12. The summed E-state index contributed by atoms with van der Waals surface area (Å²) in [6, 6.07) is 12.0. The SMILES string of the molecule is COc1ccc(NCCCOc2c(C(C)C)cn3ccccc23)cc1OC. The summed E-state index contributed by atoms with van der Waals surface area (Å²) in [6.07, 6.45) is 5.12. The van der Waals surface area contributed by atoms with Crippen molar-refractivity contribution < 1.29 is 14.2 Å². The molecule has 1 N–H and O–H groups in total. The molecule has 0 bridgehead atoms. The van der Waals surface area contributed by atoms with Crippen molar-refractivity contribution in [1.29, 1.82) is 0 Å². The lowest BCUT2D eigenvalue weighted by Crippen LogP contribution is -2.08. The quantitative estimate of drug-likeness (QED) is 0.542. The van der Waals surface area contributed by atoms with Crippen molar-refractivity contribution in [3.8, 4) is 17.2 Å². The van der Waals surface area contributed by atoms with Gasteiger partial charge in [-0.15, -0.1) is 0 Å². The molecule has 3 aromatic rings. The van der Waals surface area contributed by atoms with Crippen LogP contribution in [-0.4, -0.2) is 31.8 Å². The fourth-order valence-electron chi connectivity index (χ4n) is 3.11. The Balaban J connectivity index is 1.57. The lowest BCUT2D eigenvalue weighted by Gasteiger charge is -2.12. The largest absolute Gasteiger partial charge is 0.493 e. The molecule has 0 aliphatic carbocycles. The number of ether oxygens (including phenoxy) is 3. The Morgan fingerprint density at radius 1 is 1.04 bits per heavy atom. The Morgan fingerprint density at radius 3 is 2.59 bits per heavy atom. The summed E-state index contributed by atoms with van der Waals surface area (Å²) < 4.78 is 18.9. The molecule has 1 aromatic carbocycles. The second kappa shape index (κ2) is 8.71. The minimum absolute atomic E-state index is 0.421. The van der Waals surface area contributed by atoms with E-state index in [-0.39, 0.29) is 0 Å². The number of hydrogen-bond donors (Lipinski definition) is 1. The van der Waals surface area contributed by atoms with Crippen LogP contribution >= 0.6 is 0 Å². The topological polar surface area (TPSA) is 44.1 Å². The number of anilines is 1. The highest BCUT2D eigenvalue weighted by molar-refractivity contribution is 5.65. The Morgan fingerprint density at radius 2 is 1.85 bits per heavy atom. The normalized spacial score (nSPS) is 11.0. The van der Waals surface area contributed by atoms with E-state index >= 15 is 0 Å². The van der Waals surface area contributed by atoms with Crippen molar-refractivity contribution in [2.24, 2.45) is 0 Å². The number of benzene rings is 1. The van der Waals surface area contributed by atoms with E-state index in [0.717, 1.165) is 41.4 Å². The van der Waals surface area contributed by atoms with E-state index in [1.165, 1.54) is 5.56 Å². The van der Waals surface area contributed by atoms with E-state index < -0.39 is 0 Å². The molecule has 3 rings (SSSR count). The van der Waals surface area contributed by atoms with Gasteiger partial charge in [0.2, 0.25) is 0 Å². The zero-order valence-corrected chi connectivity index (χ0v) is 16.5. The van der Waals surface area contributed by atoms with Crippen LogP contribution in [0.5, 0.6) is 17.2 Å². The molecule has 0 aliphatic heterocycles. The van der Waals surface area contributed by atoms with Gasteiger partial charge < -0.3 is 23.9 Å². The van der Waals surface area contributed by atoms with Gasteiger partial charge in [-0.05, 0) is 36.6 Å². The van der Waals surface area contributed by atoms with Crippen molar-refractivity contribution in [1.82, 2.24) is 4.40 Å². The summed E-state index contributed by atoms with van der Waals surface area (Å²) in [6.45, 7) is 5.87. The molecule has 0 fully saturated rings. The van der Waals surface area contributed by atoms with Crippen LogP contribution in [0.25, 0.3) is 5.52 Å². The zero-order valence-electron chi connectivity index (χ0n) is 16.5. The van der Waals surface area contributed by atoms with Crippen LogP contribution in [0.3, 0.4) is 0 Å². The molecule has 5 nitrogen and oxygen atoms in total. The van der Waals surface area contributed by atoms with E-state index in [9.17, 15) is 0 Å². The van der Waals surface area contributed by atoms with E-state index in [2.05, 4.69) is 42.0 Å². The zero-order chi connectivity index (χ0) is 19.2. The fourth-order valence-corrected chi connectivity index (χ4v) is 3.11. The summed E-state index contributed by atoms with van der Waals surface area (Å²) in [4.78, 5) is 0. The number of aromatic nitrogens is 1. The molecule has 0 spiro atoms. The highest BCUT2D eigenvalue weighted by Gasteiger charge is 2.14. The van der Waals surface area contributed by atoms with Gasteiger partial charge in [-0.2, -0.15) is 0 Å². The van der Waals surface area contributed by atoms with Crippen LogP contribution in [0.2, 0.25) is 0 Å². The van der Waals surface area contributed by atoms with Gasteiger partial charge in [0, 0.05) is 36.3 Å². The van der Waals surface area contributed by atoms with Gasteiger partial charge in [0.1, 0.15) is 5.75 Å². The minimum atomic E-state index is 0.421. The van der Waals surface area contributed by atoms with Crippen LogP contribution in [-0.2, 0) is 0 Å². The van der Waals surface area contributed by atoms with Gasteiger partial charge in [0.15, 0.2) is 11.5 Å². The number of methoxy groups -OCH3 is 2. The first kappa shape index (κ1) is 19.0. The highest BCUT2D eigenvalue weighted by Crippen LogP contribution is 2.33. The lowest BCUT2D eigenvalue weighted by atomic mass is 10.1. The molecule has 2 heterocycles. The predicted molar refractivity (Wildman–Crippen MR) is 110 cm³/mol. The summed E-state index contributed by atoms with van der Waals surface area (Å²) in [7, 11) is 3.28. The first-order valence-corrected chi connectivity index (χ1v) is 9.32. The second-order valence-corrected chi connectivity index (χ2v) is 6.76. The second-order valence-electron chi connectivity index (χ2n) is 6.76. The third-order valence-electron chi connectivity index (χ3n) is 4.57. The third kappa shape index (κ3) is 4.30. The van der Waals surface area contributed by atoms with E-state index in [1.54, 1.807) is 14.2 Å². The van der Waals surface area contributed by atoms with Gasteiger partial charge in [-0.1, -0.05) is 19.9 Å². The molecule has 0 aliphatic rings. The van der Waals surface area contributed by atoms with Crippen LogP contribution in [0.1, 0.15) is 31.7 Å². The average Bonchev–Trinajstić information content (AvgIpc) is 3.06. The molecule has 5 heteroatoms. The highest BCUT2D eigenvalue weighted by atomic mass is 16.5. The number of pyridine rings is 1. The number of nitrogens with zero attached hydrogens (tertiary/aromatic N) is 1. The van der Waals surface area contributed by atoms with Gasteiger partial charge in [-0.3, -0.25) is 0 Å². The first-order valence-electron chi connectivity index (χ1n) is 9.32. The van der Waals surface area contributed by atoms with Crippen LogP contribution in [0.4, 0.5) is 5.69 Å². The molecule has 144 valence electrons. The number of nitrogens with one attached hydrogen (secondary N) is 1. The number of hydrogen-bond acceptors (Lipinski definition) is 4. The fraction of sp³-hybridized carbons (Fsp3) is 0.364. The Labute approximate surface area is 160 Å². The summed E-state index contributed by atoms with van der Waals surface area (Å²) in [5.74, 6) is 2.87. The minimum Gasteiger partial charge on any atom is -0.493 e. The molecule has 2 aromatic heterocycles. The van der Waals surface area contributed by atoms with Crippen LogP contribution in [0, 0.1) is 0 Å². The lowest BCUT2D eigenvalue weighted by molar-refractivity contribution is 0.315. The third-order valence-corrected chi connectivity index (χ3v) is 4.57. The van der Waals surface area contributed by atoms with E-state index in [0.29, 0.717) is 12.5 Å². The number of rotatable bonds is 9. The Hall–Kier alpha value is -2.82. The molecule has 0 amide bonds. The van der Waals surface area contributed by atoms with Crippen molar-refractivity contribution in [2.75, 3.05) is 32.7 Å². The van der Waals surface area contributed by atoms with E-state index in [1.807, 2.05) is 30.3 Å². The van der Waals surface area contributed by atoms with Gasteiger partial charge >= 0.3 is 0 Å². The standard InChI is InChI=1S/C22H28N2O3/c1-16(2)18-15-24-12-6-5-8-19(24)22(18)27-13-7-11-23-17-9-10-20(25-3)21(14-17)26-4/h5-6,8-10,12,14-16,23H,7,11,13H2,1-4H3. The molecule has 0 saturated heterocycles. The molecular weight excluding hydrogens is 340 g/mol. The summed E-state index contributed by atoms with van der Waals surface area (Å²) in [5, 5.41) is 3.40. The van der Waals surface area contributed by atoms with Crippen molar-refractivity contribution in [3.05, 3.63) is 54.4 Å². The van der Waals surface area contributed by atoms with Crippen LogP contribution in [0.15, 0.2) is 48.8 Å². The molecular formula is C22H28N2O3. The van der Waals surface area contributed by atoms with Crippen molar-refractivity contribution in [3.63, 3.8) is 0 Å². The van der Waals surface area contributed by atoms with Crippen LogP contribution < -0.4 is 19.5 Å². The summed E-state index contributed by atoms with van der Waals surface area (Å²) in [5.41, 5.74) is 3.37. The maximum atomic E-state index is 6.17. The summed E-state index contributed by atoms with van der Waals surface area (Å²) >= 11 is 0.